The number of rotatable bonds is 13. The summed E-state index contributed by atoms with van der Waals surface area (Å²) < 4.78 is 14.0. The molecular weight excluding hydrogens is 825 g/mol. The van der Waals surface area contributed by atoms with Crippen LogP contribution in [0.15, 0.2) is 91.0 Å². The predicted octanol–water partition coefficient (Wildman–Crippen LogP) is 6.35. The summed E-state index contributed by atoms with van der Waals surface area (Å²) in [7, 11) is 4.16. The van der Waals surface area contributed by atoms with Gasteiger partial charge in [0.25, 0.3) is 0 Å². The monoisotopic (exact) mass is 886 g/mol. The van der Waals surface area contributed by atoms with E-state index in [1.54, 1.807) is 14.7 Å². The molecule has 3 fully saturated rings. The van der Waals surface area contributed by atoms with Crippen molar-refractivity contribution in [2.45, 2.75) is 82.5 Å². The third kappa shape index (κ3) is 15.3. The van der Waals surface area contributed by atoms with Gasteiger partial charge in [0.2, 0.25) is 17.7 Å². The summed E-state index contributed by atoms with van der Waals surface area (Å²) in [5.41, 5.74) is 2.09. The van der Waals surface area contributed by atoms with Gasteiger partial charge < -0.3 is 28.9 Å². The summed E-state index contributed by atoms with van der Waals surface area (Å²) in [5, 5.41) is 28.8. The number of carbonyl (C=O) groups excluding carboxylic acids is 5. The van der Waals surface area contributed by atoms with Crippen molar-refractivity contribution in [3.05, 3.63) is 108 Å². The molecule has 3 saturated heterocycles. The predicted molar refractivity (Wildman–Crippen MR) is 242 cm³/mol. The Balaban J connectivity index is 0.000000214. The summed E-state index contributed by atoms with van der Waals surface area (Å²) in [4.78, 5) is 63.5. The van der Waals surface area contributed by atoms with Gasteiger partial charge in [-0.05, 0) is 68.1 Å². The van der Waals surface area contributed by atoms with E-state index < -0.39 is 10.8 Å². The van der Waals surface area contributed by atoms with Crippen molar-refractivity contribution in [1.29, 1.82) is 15.8 Å². The van der Waals surface area contributed by atoms with Gasteiger partial charge in [-0.3, -0.25) is 24.0 Å². The summed E-state index contributed by atoms with van der Waals surface area (Å²) in [6, 6.07) is 37.2. The molecule has 0 atom stereocenters. The van der Waals surface area contributed by atoms with Crippen LogP contribution >= 0.6 is 0 Å². The first-order valence-electron chi connectivity index (χ1n) is 22.2. The van der Waals surface area contributed by atoms with Crippen molar-refractivity contribution in [3.63, 3.8) is 0 Å². The first kappa shape index (κ1) is 51.1. The second-order valence-electron chi connectivity index (χ2n) is 16.9. The van der Waals surface area contributed by atoms with Crippen molar-refractivity contribution in [1.82, 2.24) is 14.7 Å². The van der Waals surface area contributed by atoms with E-state index in [1.165, 1.54) is 26.9 Å². The maximum absolute atomic E-state index is 12.1. The van der Waals surface area contributed by atoms with Gasteiger partial charge in [-0.1, -0.05) is 91.0 Å². The lowest BCUT2D eigenvalue weighted by molar-refractivity contribution is -0.144. The van der Waals surface area contributed by atoms with Crippen LogP contribution in [0, 0.1) is 44.8 Å². The molecule has 3 aromatic rings. The van der Waals surface area contributed by atoms with Gasteiger partial charge in [-0.25, -0.2) is 0 Å². The highest BCUT2D eigenvalue weighted by molar-refractivity contribution is 5.82. The number of nitrogens with zero attached hydrogens (tertiary/aromatic N) is 6. The molecule has 65 heavy (non-hydrogen) atoms. The fourth-order valence-corrected chi connectivity index (χ4v) is 8.51. The molecule has 0 N–H and O–H groups in total. The second kappa shape index (κ2) is 25.7. The molecule has 0 radical (unpaired) electrons. The van der Waals surface area contributed by atoms with Crippen LogP contribution in [0.5, 0.6) is 0 Å². The first-order chi connectivity index (χ1) is 31.4. The van der Waals surface area contributed by atoms with Gasteiger partial charge in [0.15, 0.2) is 0 Å². The summed E-state index contributed by atoms with van der Waals surface area (Å²) in [6.45, 7) is 3.63. The van der Waals surface area contributed by atoms with Crippen molar-refractivity contribution in [3.8, 4) is 18.2 Å². The molecule has 0 bridgehead atoms. The Morgan fingerprint density at radius 3 is 1.18 bits per heavy atom. The van der Waals surface area contributed by atoms with E-state index in [2.05, 4.69) is 39.8 Å². The lowest BCUT2D eigenvalue weighted by Gasteiger charge is -2.37. The minimum Gasteiger partial charge on any atom is -0.469 e. The largest absolute Gasteiger partial charge is 0.469 e. The first-order valence-corrected chi connectivity index (χ1v) is 22.2. The normalized spacial score (nSPS) is 16.8. The average molecular weight is 887 g/mol. The fourth-order valence-electron chi connectivity index (χ4n) is 8.51. The Morgan fingerprint density at radius 1 is 0.492 bits per heavy atom. The molecule has 0 aliphatic carbocycles. The van der Waals surface area contributed by atoms with Crippen molar-refractivity contribution >= 4 is 29.7 Å². The number of hydrogen-bond acceptors (Lipinski definition) is 11. The highest BCUT2D eigenvalue weighted by Gasteiger charge is 2.39. The molecule has 3 amide bonds. The smallest absolute Gasteiger partial charge is 0.306 e. The van der Waals surface area contributed by atoms with E-state index in [-0.39, 0.29) is 67.4 Å². The molecule has 14 heteroatoms. The number of nitriles is 3. The van der Waals surface area contributed by atoms with E-state index in [1.807, 2.05) is 78.9 Å². The Labute approximate surface area is 383 Å². The molecule has 344 valence electrons. The molecule has 3 aromatic carbocycles. The van der Waals surface area contributed by atoms with Gasteiger partial charge in [-0.15, -0.1) is 0 Å². The molecule has 6 rings (SSSR count). The van der Waals surface area contributed by atoms with Gasteiger partial charge in [0.1, 0.15) is 6.61 Å². The van der Waals surface area contributed by atoms with E-state index in [4.69, 9.17) is 4.74 Å². The number of amides is 3. The molecule has 0 spiro atoms. The SMILES string of the molecule is COC(=O)CCC(=O)N1CCC(C#N)(Cc2ccccc2)CC1.COC(=O)CCC(=O)N1CCC(C#N)(c2ccccc2)CC1.COCC(=O)N1CCC(C#N)(Cc2ccccc2)CC1. The summed E-state index contributed by atoms with van der Waals surface area (Å²) in [5.74, 6) is -0.822. The number of esters is 2. The van der Waals surface area contributed by atoms with E-state index in [9.17, 15) is 39.8 Å². The number of piperidine rings is 3. The molecular formula is C51H62N6O8. The van der Waals surface area contributed by atoms with E-state index >= 15 is 0 Å². The molecule has 14 nitrogen and oxygen atoms in total. The number of carbonyl (C=O) groups is 5. The second-order valence-corrected chi connectivity index (χ2v) is 16.9. The van der Waals surface area contributed by atoms with Gasteiger partial charge in [-0.2, -0.15) is 15.8 Å². The van der Waals surface area contributed by atoms with E-state index in [0.29, 0.717) is 71.4 Å². The molecule has 0 aromatic heterocycles. The van der Waals surface area contributed by atoms with Crippen LogP contribution in [0.3, 0.4) is 0 Å². The number of methoxy groups -OCH3 is 3. The van der Waals surface area contributed by atoms with Crippen LogP contribution < -0.4 is 0 Å². The molecule has 3 heterocycles. The van der Waals surface area contributed by atoms with Crippen LogP contribution in [-0.2, 0) is 56.4 Å². The minimum absolute atomic E-state index is 0.0127. The van der Waals surface area contributed by atoms with Gasteiger partial charge in [0, 0.05) is 59.2 Å². The van der Waals surface area contributed by atoms with Crippen LogP contribution in [0.1, 0.15) is 80.9 Å². The minimum atomic E-state index is -0.514. The van der Waals surface area contributed by atoms with Crippen LogP contribution in [0.4, 0.5) is 0 Å². The number of ether oxygens (including phenoxy) is 3. The standard InChI is InChI=1S/C18H22N2O3.C17H20N2O3.C16H20N2O2/c1-23-17(22)8-7-16(21)20-11-9-18(14-19,10-12-20)13-15-5-3-2-4-6-15;1-22-16(21)8-7-15(20)19-11-9-17(13-18,10-12-19)14-5-3-2-4-6-14;1-20-12-15(19)18-9-7-16(13-17,8-10-18)11-14-5-3-2-4-6-14/h2-6H,7-13H2,1H3;2-6H,7-12H2,1H3;2-6H,7-12H2,1H3. The van der Waals surface area contributed by atoms with Crippen molar-refractivity contribution in [2.75, 3.05) is 67.2 Å². The van der Waals surface area contributed by atoms with Crippen LogP contribution in [-0.4, -0.2) is 112 Å². The Morgan fingerprint density at radius 2 is 0.846 bits per heavy atom. The molecule has 0 unspecified atom stereocenters. The quantitative estimate of drug-likeness (QED) is 0.174. The number of likely N-dealkylation sites (tertiary alicyclic amines) is 3. The maximum atomic E-state index is 12.1. The van der Waals surface area contributed by atoms with Crippen molar-refractivity contribution < 1.29 is 38.2 Å². The highest BCUT2D eigenvalue weighted by Crippen LogP contribution is 2.37. The lowest BCUT2D eigenvalue weighted by atomic mass is 9.74. The zero-order chi connectivity index (χ0) is 47.1. The van der Waals surface area contributed by atoms with Crippen LogP contribution in [0.2, 0.25) is 0 Å². The Kier molecular flexibility index (Phi) is 20.2. The average Bonchev–Trinajstić information content (AvgIpc) is 3.36. The number of hydrogen-bond donors (Lipinski definition) is 0. The van der Waals surface area contributed by atoms with Crippen molar-refractivity contribution in [2.24, 2.45) is 10.8 Å². The third-order valence-electron chi connectivity index (χ3n) is 12.7. The van der Waals surface area contributed by atoms with Gasteiger partial charge in [0.05, 0.1) is 61.5 Å². The lowest BCUT2D eigenvalue weighted by Crippen LogP contribution is -2.44. The zero-order valence-corrected chi connectivity index (χ0v) is 38.0. The molecule has 3 aliphatic heterocycles. The van der Waals surface area contributed by atoms with E-state index in [0.717, 1.165) is 30.4 Å². The van der Waals surface area contributed by atoms with Crippen LogP contribution in [0.25, 0.3) is 0 Å². The maximum Gasteiger partial charge on any atom is 0.306 e. The third-order valence-corrected chi connectivity index (χ3v) is 12.7. The number of benzene rings is 3. The molecule has 3 aliphatic rings. The van der Waals surface area contributed by atoms with Gasteiger partial charge >= 0.3 is 11.9 Å². The summed E-state index contributed by atoms with van der Waals surface area (Å²) >= 11 is 0. The molecule has 0 saturated carbocycles. The zero-order valence-electron chi connectivity index (χ0n) is 38.0. The highest BCUT2D eigenvalue weighted by atomic mass is 16.5. The Hall–Kier alpha value is -6.56. The Bertz CT molecular complexity index is 2120. The summed E-state index contributed by atoms with van der Waals surface area (Å²) in [6.07, 6.45) is 6.07. The fraction of sp³-hybridized carbons (Fsp3) is 0.490. The topological polar surface area (TPSA) is 194 Å².